The van der Waals surface area contributed by atoms with Crippen molar-refractivity contribution in [2.75, 3.05) is 26.2 Å². The number of nitrogens with zero attached hydrogens (tertiary/aromatic N) is 2. The Morgan fingerprint density at radius 2 is 2.00 bits per heavy atom. The van der Waals surface area contributed by atoms with Gasteiger partial charge in [-0.05, 0) is 55.7 Å². The molecule has 0 unspecified atom stereocenters. The van der Waals surface area contributed by atoms with Crippen molar-refractivity contribution >= 4 is 11.8 Å². The van der Waals surface area contributed by atoms with Crippen LogP contribution in [0.3, 0.4) is 0 Å². The molecule has 0 bridgehead atoms. The summed E-state index contributed by atoms with van der Waals surface area (Å²) >= 11 is 0. The molecule has 6 nitrogen and oxygen atoms in total. The van der Waals surface area contributed by atoms with E-state index in [1.54, 1.807) is 6.20 Å². The number of ether oxygens (including phenoxy) is 1. The van der Waals surface area contributed by atoms with E-state index in [9.17, 15) is 9.59 Å². The molecule has 2 aliphatic heterocycles. The van der Waals surface area contributed by atoms with Crippen molar-refractivity contribution in [2.24, 2.45) is 5.41 Å². The highest BCUT2D eigenvalue weighted by Gasteiger charge is 2.43. The number of carbonyl (C=O) groups excluding carboxylic acids is 2. The van der Waals surface area contributed by atoms with Crippen LogP contribution in [0.4, 0.5) is 0 Å². The van der Waals surface area contributed by atoms with Gasteiger partial charge in [0, 0.05) is 44.2 Å². The number of likely N-dealkylation sites (tertiary alicyclic amines) is 1. The fourth-order valence-corrected chi connectivity index (χ4v) is 4.88. The van der Waals surface area contributed by atoms with Crippen molar-refractivity contribution < 1.29 is 14.3 Å². The minimum atomic E-state index is -0.527. The first-order valence-corrected chi connectivity index (χ1v) is 11.8. The second kappa shape index (κ2) is 10.3. The largest absolute Gasteiger partial charge is 0.368 e. The van der Waals surface area contributed by atoms with E-state index in [0.29, 0.717) is 45.5 Å². The number of rotatable bonds is 7. The van der Waals surface area contributed by atoms with Gasteiger partial charge >= 0.3 is 0 Å². The summed E-state index contributed by atoms with van der Waals surface area (Å²) in [7, 11) is 0. The van der Waals surface area contributed by atoms with Crippen molar-refractivity contribution in [3.8, 4) is 11.1 Å². The highest BCUT2D eigenvalue weighted by atomic mass is 16.5. The molecule has 32 heavy (non-hydrogen) atoms. The molecule has 2 fully saturated rings. The summed E-state index contributed by atoms with van der Waals surface area (Å²) in [5.74, 6) is 0.186. The second-order valence-corrected chi connectivity index (χ2v) is 8.94. The first kappa shape index (κ1) is 22.5. The van der Waals surface area contributed by atoms with Crippen molar-refractivity contribution in [3.05, 3.63) is 54.4 Å². The monoisotopic (exact) mass is 435 g/mol. The average Bonchev–Trinajstić information content (AvgIpc) is 3.38. The number of aromatic nitrogens is 1. The highest BCUT2D eigenvalue weighted by molar-refractivity contribution is 5.85. The third-order valence-electron chi connectivity index (χ3n) is 6.77. The Hall–Kier alpha value is -2.73. The number of hydrogen-bond donors (Lipinski definition) is 1. The quantitative estimate of drug-likeness (QED) is 0.721. The molecule has 2 aliphatic rings. The average molecular weight is 436 g/mol. The lowest BCUT2D eigenvalue weighted by Gasteiger charge is -2.41. The van der Waals surface area contributed by atoms with Gasteiger partial charge in [0.25, 0.3) is 5.91 Å². The van der Waals surface area contributed by atoms with Gasteiger partial charge in [-0.2, -0.15) is 0 Å². The SMILES string of the molecule is CCCNC(=O)C1(Cc2ccccc2-c2cccnc2)CCN(C(=O)[C@@H]2CCCO2)CC1. The number of pyridine rings is 1. The van der Waals surface area contributed by atoms with Crippen molar-refractivity contribution in [1.82, 2.24) is 15.2 Å². The standard InChI is InChI=1S/C26H33N3O3/c1-2-13-28-25(31)26(11-15-29(16-12-26)24(30)23-10-6-17-32-23)18-20-7-3-4-9-22(20)21-8-5-14-27-19-21/h3-5,7-9,14,19,23H,2,6,10-13,15-18H2,1H3,(H,28,31)/t23-/m0/s1. The number of benzene rings is 1. The molecule has 1 aromatic heterocycles. The molecule has 170 valence electrons. The van der Waals surface area contributed by atoms with Crippen molar-refractivity contribution in [2.45, 2.75) is 51.6 Å². The van der Waals surface area contributed by atoms with Gasteiger partial charge in [-0.15, -0.1) is 0 Å². The van der Waals surface area contributed by atoms with Crippen LogP contribution in [0.5, 0.6) is 0 Å². The van der Waals surface area contributed by atoms with Gasteiger partial charge < -0.3 is 15.0 Å². The molecule has 3 heterocycles. The van der Waals surface area contributed by atoms with Crippen LogP contribution in [0.2, 0.25) is 0 Å². The lowest BCUT2D eigenvalue weighted by Crippen LogP contribution is -2.53. The van der Waals surface area contributed by atoms with Gasteiger partial charge in [-0.25, -0.2) is 0 Å². The molecule has 0 radical (unpaired) electrons. The van der Waals surface area contributed by atoms with Crippen LogP contribution in [-0.4, -0.2) is 54.0 Å². The molecule has 0 aliphatic carbocycles. The number of hydrogen-bond acceptors (Lipinski definition) is 4. The van der Waals surface area contributed by atoms with Crippen LogP contribution in [0.1, 0.15) is 44.6 Å². The van der Waals surface area contributed by atoms with Crippen molar-refractivity contribution in [1.29, 1.82) is 0 Å². The first-order valence-electron chi connectivity index (χ1n) is 11.8. The maximum absolute atomic E-state index is 13.4. The smallest absolute Gasteiger partial charge is 0.251 e. The second-order valence-electron chi connectivity index (χ2n) is 8.94. The molecule has 4 rings (SSSR count). The number of carbonyl (C=O) groups is 2. The number of amides is 2. The summed E-state index contributed by atoms with van der Waals surface area (Å²) in [6.07, 6.45) is 7.94. The van der Waals surface area contributed by atoms with Crippen LogP contribution in [0.25, 0.3) is 11.1 Å². The Kier molecular flexibility index (Phi) is 7.20. The minimum absolute atomic E-state index is 0.0841. The normalized spacial score (nSPS) is 20.2. The van der Waals surface area contributed by atoms with E-state index in [0.717, 1.165) is 36.0 Å². The summed E-state index contributed by atoms with van der Waals surface area (Å²) < 4.78 is 5.60. The van der Waals surface area contributed by atoms with Crippen LogP contribution < -0.4 is 5.32 Å². The molecule has 1 N–H and O–H groups in total. The summed E-state index contributed by atoms with van der Waals surface area (Å²) in [6, 6.07) is 12.3. The summed E-state index contributed by atoms with van der Waals surface area (Å²) in [5, 5.41) is 3.14. The van der Waals surface area contributed by atoms with Gasteiger partial charge in [0.1, 0.15) is 6.10 Å². The van der Waals surface area contributed by atoms with E-state index in [-0.39, 0.29) is 17.9 Å². The topological polar surface area (TPSA) is 71.5 Å². The van der Waals surface area contributed by atoms with Gasteiger partial charge in [0.05, 0.1) is 5.41 Å². The zero-order valence-electron chi connectivity index (χ0n) is 18.9. The lowest BCUT2D eigenvalue weighted by molar-refractivity contribution is -0.146. The first-order chi connectivity index (χ1) is 15.6. The lowest BCUT2D eigenvalue weighted by atomic mass is 9.72. The van der Waals surface area contributed by atoms with Gasteiger partial charge in [-0.3, -0.25) is 14.6 Å². The summed E-state index contributed by atoms with van der Waals surface area (Å²) in [6.45, 7) is 4.58. The van der Waals surface area contributed by atoms with Gasteiger partial charge in [-0.1, -0.05) is 37.3 Å². The van der Waals surface area contributed by atoms with Crippen LogP contribution in [0.15, 0.2) is 48.8 Å². The van der Waals surface area contributed by atoms with E-state index >= 15 is 0 Å². The van der Waals surface area contributed by atoms with E-state index in [1.807, 2.05) is 29.3 Å². The van der Waals surface area contributed by atoms with E-state index in [1.165, 1.54) is 0 Å². The van der Waals surface area contributed by atoms with Gasteiger partial charge in [0.2, 0.25) is 5.91 Å². The maximum Gasteiger partial charge on any atom is 0.251 e. The minimum Gasteiger partial charge on any atom is -0.368 e. The summed E-state index contributed by atoms with van der Waals surface area (Å²) in [5.41, 5.74) is 2.78. The van der Waals surface area contributed by atoms with Crippen LogP contribution in [-0.2, 0) is 20.7 Å². The Balaban J connectivity index is 1.56. The zero-order valence-corrected chi connectivity index (χ0v) is 18.9. The Morgan fingerprint density at radius 3 is 2.69 bits per heavy atom. The fraction of sp³-hybridized carbons (Fsp3) is 0.500. The molecular weight excluding hydrogens is 402 g/mol. The fourth-order valence-electron chi connectivity index (χ4n) is 4.88. The third-order valence-corrected chi connectivity index (χ3v) is 6.77. The zero-order chi connectivity index (χ0) is 22.4. The predicted molar refractivity (Wildman–Crippen MR) is 124 cm³/mol. The van der Waals surface area contributed by atoms with Crippen molar-refractivity contribution in [3.63, 3.8) is 0 Å². The number of piperidine rings is 1. The molecular formula is C26H33N3O3. The molecule has 1 aromatic carbocycles. The molecule has 0 spiro atoms. The van der Waals surface area contributed by atoms with Crippen LogP contribution >= 0.6 is 0 Å². The Morgan fingerprint density at radius 1 is 1.19 bits per heavy atom. The molecule has 0 saturated carbocycles. The maximum atomic E-state index is 13.4. The van der Waals surface area contributed by atoms with E-state index in [4.69, 9.17) is 4.74 Å². The highest BCUT2D eigenvalue weighted by Crippen LogP contribution is 2.38. The van der Waals surface area contributed by atoms with Crippen LogP contribution in [0, 0.1) is 5.41 Å². The molecule has 2 saturated heterocycles. The molecule has 2 amide bonds. The molecule has 6 heteroatoms. The van der Waals surface area contributed by atoms with Gasteiger partial charge in [0.15, 0.2) is 0 Å². The third kappa shape index (κ3) is 4.85. The Bertz CT molecular complexity index is 917. The Labute approximate surface area is 190 Å². The number of nitrogens with one attached hydrogen (secondary N) is 1. The van der Waals surface area contributed by atoms with E-state index < -0.39 is 5.41 Å². The predicted octanol–water partition coefficient (Wildman–Crippen LogP) is 3.61. The molecule has 2 aromatic rings. The van der Waals surface area contributed by atoms with E-state index in [2.05, 4.69) is 35.4 Å². The molecule has 1 atom stereocenters. The summed E-state index contributed by atoms with van der Waals surface area (Å²) in [4.78, 5) is 32.4.